The van der Waals surface area contributed by atoms with Crippen molar-refractivity contribution in [1.29, 1.82) is 0 Å². The van der Waals surface area contributed by atoms with E-state index in [1.54, 1.807) is 0 Å². The summed E-state index contributed by atoms with van der Waals surface area (Å²) < 4.78 is 2.10. The van der Waals surface area contributed by atoms with E-state index in [1.807, 2.05) is 12.3 Å². The summed E-state index contributed by atoms with van der Waals surface area (Å²) in [4.78, 5) is 0. The molecule has 0 amide bonds. The summed E-state index contributed by atoms with van der Waals surface area (Å²) in [6.07, 6.45) is 11.6. The first-order chi connectivity index (χ1) is 9.84. The van der Waals surface area contributed by atoms with Crippen molar-refractivity contribution in [3.05, 3.63) is 42.7 Å². The lowest BCUT2D eigenvalue weighted by Gasteiger charge is -2.26. The summed E-state index contributed by atoms with van der Waals surface area (Å²) in [5.41, 5.74) is 8.77. The molecule has 1 aromatic carbocycles. The molecule has 1 fully saturated rings. The molecule has 1 saturated carbocycles. The molecule has 2 aromatic rings. The summed E-state index contributed by atoms with van der Waals surface area (Å²) in [6.45, 7) is 0. The molecule has 1 aromatic heterocycles. The standard InChI is InChI=1S/C17H23N3/c18-16-10-6-1-2-7-11-17(16)20-13-15(12-19-20)14-8-4-3-5-9-14/h3-5,8-9,12-13,16-17H,1-2,6-7,10-11,18H2. The topological polar surface area (TPSA) is 43.8 Å². The molecule has 2 N–H and O–H groups in total. The van der Waals surface area contributed by atoms with Crippen LogP contribution in [0.1, 0.15) is 44.6 Å². The molecule has 0 radical (unpaired) electrons. The van der Waals surface area contributed by atoms with Gasteiger partial charge in [-0.3, -0.25) is 4.68 Å². The number of aromatic nitrogens is 2. The highest BCUT2D eigenvalue weighted by Gasteiger charge is 2.21. The van der Waals surface area contributed by atoms with E-state index in [-0.39, 0.29) is 6.04 Å². The van der Waals surface area contributed by atoms with E-state index in [2.05, 4.69) is 40.2 Å². The SMILES string of the molecule is NC1CCCCCCC1n1cc(-c2ccccc2)cn1. The number of nitrogens with two attached hydrogens (primary N) is 1. The Bertz CT molecular complexity index is 532. The molecule has 2 unspecified atom stereocenters. The van der Waals surface area contributed by atoms with Crippen LogP contribution in [0.5, 0.6) is 0 Å². The predicted octanol–water partition coefficient (Wildman–Crippen LogP) is 3.77. The van der Waals surface area contributed by atoms with Gasteiger partial charge in [0.1, 0.15) is 0 Å². The maximum absolute atomic E-state index is 6.37. The van der Waals surface area contributed by atoms with E-state index < -0.39 is 0 Å². The minimum Gasteiger partial charge on any atom is -0.326 e. The number of benzene rings is 1. The van der Waals surface area contributed by atoms with E-state index in [1.165, 1.54) is 36.8 Å². The lowest BCUT2D eigenvalue weighted by Crippen LogP contribution is -2.33. The Balaban J connectivity index is 1.81. The maximum Gasteiger partial charge on any atom is 0.0670 e. The number of hydrogen-bond donors (Lipinski definition) is 1. The second kappa shape index (κ2) is 6.23. The van der Waals surface area contributed by atoms with Gasteiger partial charge in [-0.05, 0) is 18.4 Å². The monoisotopic (exact) mass is 269 g/mol. The van der Waals surface area contributed by atoms with Crippen LogP contribution in [0.25, 0.3) is 11.1 Å². The Kier molecular flexibility index (Phi) is 4.16. The first-order valence-electron chi connectivity index (χ1n) is 7.70. The lowest BCUT2D eigenvalue weighted by molar-refractivity contribution is 0.306. The van der Waals surface area contributed by atoms with E-state index in [4.69, 9.17) is 5.73 Å². The molecule has 1 aliphatic carbocycles. The van der Waals surface area contributed by atoms with Gasteiger partial charge in [0.25, 0.3) is 0 Å². The van der Waals surface area contributed by atoms with Crippen LogP contribution in [0.3, 0.4) is 0 Å². The van der Waals surface area contributed by atoms with E-state index in [0.29, 0.717) is 6.04 Å². The van der Waals surface area contributed by atoms with Crippen LogP contribution in [0.15, 0.2) is 42.7 Å². The Morgan fingerprint density at radius 1 is 0.950 bits per heavy atom. The normalized spacial score (nSPS) is 24.1. The minimum atomic E-state index is 0.235. The van der Waals surface area contributed by atoms with Gasteiger partial charge in [-0.15, -0.1) is 0 Å². The molecule has 1 heterocycles. The fourth-order valence-corrected chi connectivity index (χ4v) is 3.12. The molecule has 0 saturated heterocycles. The number of hydrogen-bond acceptors (Lipinski definition) is 2. The highest BCUT2D eigenvalue weighted by atomic mass is 15.3. The minimum absolute atomic E-state index is 0.235. The van der Waals surface area contributed by atoms with Crippen molar-refractivity contribution in [1.82, 2.24) is 9.78 Å². The molecule has 3 rings (SSSR count). The van der Waals surface area contributed by atoms with Gasteiger partial charge in [-0.2, -0.15) is 5.10 Å². The first kappa shape index (κ1) is 13.4. The third-order valence-electron chi connectivity index (χ3n) is 4.33. The third kappa shape index (κ3) is 2.93. The van der Waals surface area contributed by atoms with Crippen LogP contribution in [0.4, 0.5) is 0 Å². The summed E-state index contributed by atoms with van der Waals surface area (Å²) >= 11 is 0. The Morgan fingerprint density at radius 3 is 2.50 bits per heavy atom. The summed E-state index contributed by atoms with van der Waals surface area (Å²) in [6, 6.07) is 11.0. The predicted molar refractivity (Wildman–Crippen MR) is 82.4 cm³/mol. The van der Waals surface area contributed by atoms with Gasteiger partial charge in [-0.25, -0.2) is 0 Å². The first-order valence-corrected chi connectivity index (χ1v) is 7.70. The van der Waals surface area contributed by atoms with Gasteiger partial charge in [0, 0.05) is 17.8 Å². The molecule has 2 atom stereocenters. The average Bonchev–Trinajstić information content (AvgIpc) is 2.94. The van der Waals surface area contributed by atoms with E-state index >= 15 is 0 Å². The van der Waals surface area contributed by atoms with Gasteiger partial charge in [0.05, 0.1) is 12.2 Å². The summed E-state index contributed by atoms with van der Waals surface area (Å²) in [5.74, 6) is 0. The molecule has 0 spiro atoms. The van der Waals surface area contributed by atoms with Crippen molar-refractivity contribution in [2.24, 2.45) is 5.73 Å². The molecule has 0 bridgehead atoms. The molecule has 106 valence electrons. The zero-order valence-corrected chi connectivity index (χ0v) is 11.9. The van der Waals surface area contributed by atoms with Crippen LogP contribution in [-0.4, -0.2) is 15.8 Å². The zero-order valence-electron chi connectivity index (χ0n) is 11.9. The molecule has 1 aliphatic rings. The van der Waals surface area contributed by atoms with E-state index in [9.17, 15) is 0 Å². The fourth-order valence-electron chi connectivity index (χ4n) is 3.12. The molecule has 20 heavy (non-hydrogen) atoms. The summed E-state index contributed by atoms with van der Waals surface area (Å²) in [5, 5.41) is 4.58. The summed E-state index contributed by atoms with van der Waals surface area (Å²) in [7, 11) is 0. The van der Waals surface area contributed by atoms with Crippen LogP contribution >= 0.6 is 0 Å². The van der Waals surface area contributed by atoms with Crippen LogP contribution in [-0.2, 0) is 0 Å². The van der Waals surface area contributed by atoms with E-state index in [0.717, 1.165) is 12.8 Å². The van der Waals surface area contributed by atoms with Crippen molar-refractivity contribution in [3.63, 3.8) is 0 Å². The van der Waals surface area contributed by atoms with Gasteiger partial charge in [0.15, 0.2) is 0 Å². The van der Waals surface area contributed by atoms with Crippen molar-refractivity contribution in [2.75, 3.05) is 0 Å². The van der Waals surface area contributed by atoms with Crippen LogP contribution in [0.2, 0.25) is 0 Å². The molecular weight excluding hydrogens is 246 g/mol. The smallest absolute Gasteiger partial charge is 0.0670 e. The Morgan fingerprint density at radius 2 is 1.70 bits per heavy atom. The fraction of sp³-hybridized carbons (Fsp3) is 0.471. The van der Waals surface area contributed by atoms with Crippen molar-refractivity contribution in [3.8, 4) is 11.1 Å². The second-order valence-electron chi connectivity index (χ2n) is 5.80. The van der Waals surface area contributed by atoms with Gasteiger partial charge >= 0.3 is 0 Å². The number of rotatable bonds is 2. The zero-order chi connectivity index (χ0) is 13.8. The van der Waals surface area contributed by atoms with Crippen LogP contribution < -0.4 is 5.73 Å². The second-order valence-corrected chi connectivity index (χ2v) is 5.80. The Hall–Kier alpha value is -1.61. The quantitative estimate of drug-likeness (QED) is 0.901. The third-order valence-corrected chi connectivity index (χ3v) is 4.33. The van der Waals surface area contributed by atoms with Gasteiger partial charge in [0.2, 0.25) is 0 Å². The molecule has 3 nitrogen and oxygen atoms in total. The Labute approximate surface area is 120 Å². The average molecular weight is 269 g/mol. The van der Waals surface area contributed by atoms with Crippen molar-refractivity contribution in [2.45, 2.75) is 50.6 Å². The van der Waals surface area contributed by atoms with Crippen molar-refractivity contribution < 1.29 is 0 Å². The lowest BCUT2D eigenvalue weighted by atomic mass is 9.93. The number of nitrogens with zero attached hydrogens (tertiary/aromatic N) is 2. The van der Waals surface area contributed by atoms with Crippen LogP contribution in [0, 0.1) is 0 Å². The maximum atomic E-state index is 6.37. The van der Waals surface area contributed by atoms with Crippen molar-refractivity contribution >= 4 is 0 Å². The van der Waals surface area contributed by atoms with Gasteiger partial charge in [-0.1, -0.05) is 56.0 Å². The molecule has 0 aliphatic heterocycles. The highest BCUT2D eigenvalue weighted by Crippen LogP contribution is 2.27. The largest absolute Gasteiger partial charge is 0.326 e. The molecule has 3 heteroatoms. The van der Waals surface area contributed by atoms with Gasteiger partial charge < -0.3 is 5.73 Å². The highest BCUT2D eigenvalue weighted by molar-refractivity contribution is 5.61. The molecular formula is C17H23N3.